The molecule has 0 unspecified atom stereocenters. The Morgan fingerprint density at radius 1 is 1.25 bits per heavy atom. The molecule has 0 bridgehead atoms. The maximum atomic E-state index is 13.4. The lowest BCUT2D eigenvalue weighted by Gasteiger charge is -2.12. The van der Waals surface area contributed by atoms with Crippen LogP contribution in [-0.4, -0.2) is 9.97 Å². The molecule has 2 rings (SSSR count). The maximum Gasteiger partial charge on any atom is 0.417 e. The van der Waals surface area contributed by atoms with Gasteiger partial charge in [-0.05, 0) is 18.2 Å². The largest absolute Gasteiger partial charge is 0.417 e. The highest BCUT2D eigenvalue weighted by atomic mass is 79.9. The van der Waals surface area contributed by atoms with Crippen LogP contribution in [0.3, 0.4) is 0 Å². The second-order valence-electron chi connectivity index (χ2n) is 3.74. The minimum atomic E-state index is -4.53. The third kappa shape index (κ3) is 3.16. The van der Waals surface area contributed by atoms with Crippen molar-refractivity contribution in [2.45, 2.75) is 6.18 Å². The first-order valence-corrected chi connectivity index (χ1v) is 5.98. The standard InChI is InChI=1S/C11H7BrF4N4/c12-7-2-1-5(3-6(7)11(14,15)16)19-9-8(13)4-18-10(17)20-9/h1-4H,(H3,17,18,19,20). The van der Waals surface area contributed by atoms with Gasteiger partial charge in [-0.3, -0.25) is 0 Å². The van der Waals surface area contributed by atoms with Crippen LogP contribution in [0.15, 0.2) is 28.9 Å². The number of alkyl halides is 3. The van der Waals surface area contributed by atoms with Crippen molar-refractivity contribution < 1.29 is 17.6 Å². The molecular formula is C11H7BrF4N4. The van der Waals surface area contributed by atoms with Crippen LogP contribution in [0.25, 0.3) is 0 Å². The van der Waals surface area contributed by atoms with E-state index in [1.807, 2.05) is 0 Å². The zero-order valence-electron chi connectivity index (χ0n) is 9.67. The number of nitrogens with two attached hydrogens (primary N) is 1. The number of benzene rings is 1. The van der Waals surface area contributed by atoms with Gasteiger partial charge in [0.15, 0.2) is 11.6 Å². The van der Waals surface area contributed by atoms with Gasteiger partial charge < -0.3 is 11.1 Å². The molecule has 1 heterocycles. The summed E-state index contributed by atoms with van der Waals surface area (Å²) in [5.74, 6) is -1.31. The molecule has 0 amide bonds. The van der Waals surface area contributed by atoms with Crippen molar-refractivity contribution in [2.75, 3.05) is 11.1 Å². The Morgan fingerprint density at radius 3 is 2.60 bits per heavy atom. The van der Waals surface area contributed by atoms with E-state index in [0.29, 0.717) is 0 Å². The van der Waals surface area contributed by atoms with Gasteiger partial charge in [0.05, 0.1) is 11.8 Å². The summed E-state index contributed by atoms with van der Waals surface area (Å²) in [6.45, 7) is 0. The topological polar surface area (TPSA) is 63.8 Å². The Bertz CT molecular complexity index is 645. The van der Waals surface area contributed by atoms with E-state index >= 15 is 0 Å². The Balaban J connectivity index is 2.37. The summed E-state index contributed by atoms with van der Waals surface area (Å²) in [5.41, 5.74) is 4.43. The highest BCUT2D eigenvalue weighted by Crippen LogP contribution is 2.36. The van der Waals surface area contributed by atoms with E-state index in [1.165, 1.54) is 12.1 Å². The molecule has 0 aliphatic carbocycles. The van der Waals surface area contributed by atoms with Crippen LogP contribution < -0.4 is 11.1 Å². The molecule has 0 aliphatic heterocycles. The van der Waals surface area contributed by atoms with E-state index in [9.17, 15) is 17.6 Å². The number of halogens is 5. The van der Waals surface area contributed by atoms with Crippen molar-refractivity contribution in [3.63, 3.8) is 0 Å². The normalized spacial score (nSPS) is 11.4. The van der Waals surface area contributed by atoms with Gasteiger partial charge in [-0.15, -0.1) is 0 Å². The fourth-order valence-electron chi connectivity index (χ4n) is 1.43. The van der Waals surface area contributed by atoms with Crippen molar-refractivity contribution in [1.82, 2.24) is 9.97 Å². The average Bonchev–Trinajstić information content (AvgIpc) is 2.35. The third-order valence-corrected chi connectivity index (χ3v) is 2.99. The van der Waals surface area contributed by atoms with Gasteiger partial charge >= 0.3 is 6.18 Å². The summed E-state index contributed by atoms with van der Waals surface area (Å²) in [6, 6.07) is 3.38. The van der Waals surface area contributed by atoms with Crippen molar-refractivity contribution in [2.24, 2.45) is 0 Å². The first kappa shape index (κ1) is 14.5. The highest BCUT2D eigenvalue weighted by Gasteiger charge is 2.33. The molecule has 2 aromatic rings. The summed E-state index contributed by atoms with van der Waals surface area (Å²) in [6.07, 6.45) is -3.70. The van der Waals surface area contributed by atoms with Gasteiger partial charge in [-0.25, -0.2) is 9.37 Å². The third-order valence-electron chi connectivity index (χ3n) is 2.30. The van der Waals surface area contributed by atoms with Crippen molar-refractivity contribution in [3.8, 4) is 0 Å². The molecule has 4 nitrogen and oxygen atoms in total. The Kier molecular flexibility index (Phi) is 3.80. The van der Waals surface area contributed by atoms with Crippen molar-refractivity contribution in [3.05, 3.63) is 40.2 Å². The van der Waals surface area contributed by atoms with Crippen LogP contribution in [0.2, 0.25) is 0 Å². The number of hydrogen-bond donors (Lipinski definition) is 2. The molecule has 106 valence electrons. The summed E-state index contributed by atoms with van der Waals surface area (Å²) < 4.78 is 51.5. The lowest BCUT2D eigenvalue weighted by Crippen LogP contribution is -2.07. The summed E-state index contributed by atoms with van der Waals surface area (Å²) >= 11 is 2.81. The van der Waals surface area contributed by atoms with Crippen LogP contribution >= 0.6 is 15.9 Å². The monoisotopic (exact) mass is 350 g/mol. The van der Waals surface area contributed by atoms with Crippen LogP contribution in [0, 0.1) is 5.82 Å². The molecule has 1 aromatic heterocycles. The average molecular weight is 351 g/mol. The Morgan fingerprint density at radius 2 is 1.95 bits per heavy atom. The molecule has 1 aromatic carbocycles. The zero-order valence-corrected chi connectivity index (χ0v) is 11.3. The van der Waals surface area contributed by atoms with Crippen molar-refractivity contribution in [1.29, 1.82) is 0 Å². The van der Waals surface area contributed by atoms with E-state index in [0.717, 1.165) is 12.3 Å². The SMILES string of the molecule is Nc1ncc(F)c(Nc2ccc(Br)c(C(F)(F)F)c2)n1. The fraction of sp³-hybridized carbons (Fsp3) is 0.0909. The number of nitrogens with one attached hydrogen (secondary N) is 1. The van der Waals surface area contributed by atoms with Gasteiger partial charge in [0.2, 0.25) is 5.95 Å². The molecule has 0 saturated heterocycles. The first-order valence-electron chi connectivity index (χ1n) is 5.19. The maximum absolute atomic E-state index is 13.4. The molecule has 0 atom stereocenters. The molecule has 0 fully saturated rings. The number of aromatic nitrogens is 2. The molecule has 0 spiro atoms. The summed E-state index contributed by atoms with van der Waals surface area (Å²) in [5, 5.41) is 2.43. The highest BCUT2D eigenvalue weighted by molar-refractivity contribution is 9.10. The molecule has 0 aliphatic rings. The minimum absolute atomic E-state index is 0.0255. The predicted molar refractivity (Wildman–Crippen MR) is 68.8 cm³/mol. The second kappa shape index (κ2) is 5.23. The zero-order chi connectivity index (χ0) is 14.9. The number of nitrogens with zero attached hydrogens (tertiary/aromatic N) is 2. The van der Waals surface area contributed by atoms with E-state index in [-0.39, 0.29) is 21.9 Å². The van der Waals surface area contributed by atoms with Gasteiger partial charge in [0.25, 0.3) is 0 Å². The van der Waals surface area contributed by atoms with E-state index in [4.69, 9.17) is 5.73 Å². The second-order valence-corrected chi connectivity index (χ2v) is 4.60. The summed E-state index contributed by atoms with van der Waals surface area (Å²) in [4.78, 5) is 6.99. The molecule has 0 saturated carbocycles. The number of anilines is 3. The van der Waals surface area contributed by atoms with Crippen molar-refractivity contribution >= 4 is 33.4 Å². The molecular weight excluding hydrogens is 344 g/mol. The Hall–Kier alpha value is -1.90. The number of hydrogen-bond acceptors (Lipinski definition) is 4. The van der Waals surface area contributed by atoms with E-state index < -0.39 is 17.6 Å². The van der Waals surface area contributed by atoms with Crippen LogP contribution in [-0.2, 0) is 6.18 Å². The lowest BCUT2D eigenvalue weighted by molar-refractivity contribution is -0.138. The van der Waals surface area contributed by atoms with E-state index in [2.05, 4.69) is 31.2 Å². The van der Waals surface area contributed by atoms with Crippen LogP contribution in [0.5, 0.6) is 0 Å². The van der Waals surface area contributed by atoms with Gasteiger partial charge in [-0.1, -0.05) is 15.9 Å². The molecule has 20 heavy (non-hydrogen) atoms. The molecule has 3 N–H and O–H groups in total. The van der Waals surface area contributed by atoms with Gasteiger partial charge in [0.1, 0.15) is 0 Å². The first-order chi connectivity index (χ1) is 9.27. The van der Waals surface area contributed by atoms with Crippen LogP contribution in [0.1, 0.15) is 5.56 Å². The smallest absolute Gasteiger partial charge is 0.368 e. The van der Waals surface area contributed by atoms with Crippen LogP contribution in [0.4, 0.5) is 35.0 Å². The van der Waals surface area contributed by atoms with Gasteiger partial charge in [-0.2, -0.15) is 18.2 Å². The Labute approximate surface area is 119 Å². The predicted octanol–water partition coefficient (Wildman–Crippen LogP) is 3.72. The molecule has 9 heteroatoms. The fourth-order valence-corrected chi connectivity index (χ4v) is 1.90. The van der Waals surface area contributed by atoms with E-state index in [1.54, 1.807) is 0 Å². The quantitative estimate of drug-likeness (QED) is 0.810. The van der Waals surface area contributed by atoms with Gasteiger partial charge in [0, 0.05) is 10.2 Å². The summed E-state index contributed by atoms with van der Waals surface area (Å²) in [7, 11) is 0. The number of rotatable bonds is 2. The lowest BCUT2D eigenvalue weighted by atomic mass is 10.2. The number of nitrogen functional groups attached to an aromatic ring is 1. The minimum Gasteiger partial charge on any atom is -0.368 e. The molecule has 0 radical (unpaired) electrons.